The van der Waals surface area contributed by atoms with Crippen LogP contribution in [0.1, 0.15) is 44.8 Å². The molecule has 1 fully saturated rings. The largest absolute Gasteiger partial charge is 0.496 e. The van der Waals surface area contributed by atoms with Gasteiger partial charge >= 0.3 is 0 Å². The third-order valence-corrected chi connectivity index (χ3v) is 3.93. The fraction of sp³-hybridized carbons (Fsp3) is 0.562. The van der Waals surface area contributed by atoms with Gasteiger partial charge in [-0.3, -0.25) is 10.1 Å². The summed E-state index contributed by atoms with van der Waals surface area (Å²) in [6.07, 6.45) is 3.03. The van der Waals surface area contributed by atoms with Crippen molar-refractivity contribution in [2.75, 3.05) is 13.7 Å². The average molecular weight is 276 g/mol. The Morgan fingerprint density at radius 1 is 1.40 bits per heavy atom. The molecule has 4 heteroatoms. The van der Waals surface area contributed by atoms with Crippen molar-refractivity contribution in [2.45, 2.75) is 45.3 Å². The van der Waals surface area contributed by atoms with Crippen molar-refractivity contribution in [3.05, 3.63) is 29.8 Å². The number of methoxy groups -OCH3 is 1. The monoisotopic (exact) mass is 276 g/mol. The second-order valence-electron chi connectivity index (χ2n) is 5.18. The molecule has 2 atom stereocenters. The molecule has 2 unspecified atom stereocenters. The number of para-hydroxylation sites is 1. The molecule has 1 saturated heterocycles. The van der Waals surface area contributed by atoms with E-state index >= 15 is 0 Å². The lowest BCUT2D eigenvalue weighted by Crippen LogP contribution is -2.39. The third-order valence-electron chi connectivity index (χ3n) is 3.93. The average Bonchev–Trinajstić information content (AvgIpc) is 2.86. The van der Waals surface area contributed by atoms with Gasteiger partial charge in [0.2, 0.25) is 5.91 Å². The Hall–Kier alpha value is -1.55. The van der Waals surface area contributed by atoms with E-state index in [1.54, 1.807) is 7.11 Å². The summed E-state index contributed by atoms with van der Waals surface area (Å²) >= 11 is 0. The smallest absolute Gasteiger partial charge is 0.238 e. The van der Waals surface area contributed by atoms with Gasteiger partial charge in [0, 0.05) is 11.6 Å². The Morgan fingerprint density at radius 2 is 2.15 bits per heavy atom. The van der Waals surface area contributed by atoms with Gasteiger partial charge in [0.1, 0.15) is 11.9 Å². The zero-order valence-corrected chi connectivity index (χ0v) is 12.6. The summed E-state index contributed by atoms with van der Waals surface area (Å²) in [6.45, 7) is 4.71. The first kappa shape index (κ1) is 14.9. The SMILES string of the molecule is CCCC(CC)N1C(=O)CNC1c1ccccc1OC. The lowest BCUT2D eigenvalue weighted by Gasteiger charge is -2.33. The molecule has 20 heavy (non-hydrogen) atoms. The Kier molecular flexibility index (Phi) is 5.01. The minimum atomic E-state index is -0.0739. The van der Waals surface area contributed by atoms with Gasteiger partial charge in [-0.05, 0) is 18.9 Å². The first-order chi connectivity index (χ1) is 9.72. The van der Waals surface area contributed by atoms with Gasteiger partial charge in [0.25, 0.3) is 0 Å². The van der Waals surface area contributed by atoms with Gasteiger partial charge in [0.15, 0.2) is 0 Å². The zero-order valence-electron chi connectivity index (χ0n) is 12.6. The molecule has 2 rings (SSSR count). The van der Waals surface area contributed by atoms with Gasteiger partial charge in [-0.15, -0.1) is 0 Å². The number of carbonyl (C=O) groups excluding carboxylic acids is 1. The molecule has 0 aromatic heterocycles. The van der Waals surface area contributed by atoms with Gasteiger partial charge in [0.05, 0.1) is 13.7 Å². The summed E-state index contributed by atoms with van der Waals surface area (Å²) in [6, 6.07) is 8.20. The molecule has 4 nitrogen and oxygen atoms in total. The number of rotatable bonds is 6. The van der Waals surface area contributed by atoms with E-state index in [0.29, 0.717) is 6.54 Å². The summed E-state index contributed by atoms with van der Waals surface area (Å²) < 4.78 is 5.44. The highest BCUT2D eigenvalue weighted by Gasteiger charge is 2.36. The van der Waals surface area contributed by atoms with Crippen molar-refractivity contribution in [1.29, 1.82) is 0 Å². The number of amides is 1. The minimum absolute atomic E-state index is 0.0739. The Bertz CT molecular complexity index is 462. The van der Waals surface area contributed by atoms with Crippen LogP contribution in [0.25, 0.3) is 0 Å². The van der Waals surface area contributed by atoms with Crippen molar-refractivity contribution in [1.82, 2.24) is 10.2 Å². The minimum Gasteiger partial charge on any atom is -0.496 e. The van der Waals surface area contributed by atoms with E-state index in [9.17, 15) is 4.79 Å². The first-order valence-electron chi connectivity index (χ1n) is 7.40. The molecule has 1 aromatic rings. The maximum absolute atomic E-state index is 12.3. The van der Waals surface area contributed by atoms with Crippen molar-refractivity contribution >= 4 is 5.91 Å². The van der Waals surface area contributed by atoms with E-state index in [1.807, 2.05) is 29.2 Å². The molecular weight excluding hydrogens is 252 g/mol. The Morgan fingerprint density at radius 3 is 2.80 bits per heavy atom. The van der Waals surface area contributed by atoms with E-state index in [0.717, 1.165) is 30.6 Å². The Labute approximate surface area is 121 Å². The summed E-state index contributed by atoms with van der Waals surface area (Å²) in [5.74, 6) is 1.01. The van der Waals surface area contributed by atoms with Gasteiger partial charge < -0.3 is 9.64 Å². The van der Waals surface area contributed by atoms with Crippen LogP contribution in [0.15, 0.2) is 24.3 Å². The van der Waals surface area contributed by atoms with Crippen LogP contribution in [0.2, 0.25) is 0 Å². The molecule has 1 aliphatic rings. The Balaban J connectivity index is 2.31. The molecule has 0 bridgehead atoms. The second kappa shape index (κ2) is 6.75. The molecular formula is C16H24N2O2. The van der Waals surface area contributed by atoms with Crippen molar-refractivity contribution < 1.29 is 9.53 Å². The van der Waals surface area contributed by atoms with E-state index < -0.39 is 0 Å². The van der Waals surface area contributed by atoms with Crippen LogP contribution in [-0.4, -0.2) is 30.5 Å². The topological polar surface area (TPSA) is 41.6 Å². The summed E-state index contributed by atoms with van der Waals surface area (Å²) in [4.78, 5) is 14.3. The number of hydrogen-bond acceptors (Lipinski definition) is 3. The zero-order chi connectivity index (χ0) is 14.5. The van der Waals surface area contributed by atoms with Crippen LogP contribution in [0.4, 0.5) is 0 Å². The number of hydrogen-bond donors (Lipinski definition) is 1. The fourth-order valence-corrected chi connectivity index (χ4v) is 2.96. The molecule has 0 saturated carbocycles. The molecule has 0 radical (unpaired) electrons. The lowest BCUT2D eigenvalue weighted by atomic mass is 10.0. The third kappa shape index (κ3) is 2.80. The number of nitrogens with zero attached hydrogens (tertiary/aromatic N) is 1. The van der Waals surface area contributed by atoms with E-state index in [4.69, 9.17) is 4.74 Å². The van der Waals surface area contributed by atoms with Crippen LogP contribution in [-0.2, 0) is 4.79 Å². The molecule has 0 aliphatic carbocycles. The van der Waals surface area contributed by atoms with Gasteiger partial charge in [-0.2, -0.15) is 0 Å². The summed E-state index contributed by atoms with van der Waals surface area (Å²) in [5, 5.41) is 3.32. The highest BCUT2D eigenvalue weighted by atomic mass is 16.5. The molecule has 1 heterocycles. The van der Waals surface area contributed by atoms with E-state index in [-0.39, 0.29) is 18.1 Å². The van der Waals surface area contributed by atoms with Crippen molar-refractivity contribution in [3.8, 4) is 5.75 Å². The lowest BCUT2D eigenvalue weighted by molar-refractivity contribution is -0.130. The van der Waals surface area contributed by atoms with Gasteiger partial charge in [-0.25, -0.2) is 0 Å². The second-order valence-corrected chi connectivity index (χ2v) is 5.18. The van der Waals surface area contributed by atoms with Crippen LogP contribution >= 0.6 is 0 Å². The van der Waals surface area contributed by atoms with Crippen molar-refractivity contribution in [3.63, 3.8) is 0 Å². The molecule has 1 aromatic carbocycles. The van der Waals surface area contributed by atoms with Crippen LogP contribution in [0, 0.1) is 0 Å². The first-order valence-corrected chi connectivity index (χ1v) is 7.40. The highest BCUT2D eigenvalue weighted by Crippen LogP contribution is 2.32. The molecule has 110 valence electrons. The highest BCUT2D eigenvalue weighted by molar-refractivity contribution is 5.81. The number of ether oxygens (including phenoxy) is 1. The maximum Gasteiger partial charge on any atom is 0.238 e. The van der Waals surface area contributed by atoms with Crippen LogP contribution in [0.3, 0.4) is 0 Å². The number of carbonyl (C=O) groups is 1. The predicted molar refractivity (Wildman–Crippen MR) is 79.6 cm³/mol. The molecule has 1 amide bonds. The fourth-order valence-electron chi connectivity index (χ4n) is 2.96. The van der Waals surface area contributed by atoms with Crippen molar-refractivity contribution in [2.24, 2.45) is 0 Å². The van der Waals surface area contributed by atoms with Crippen LogP contribution in [0.5, 0.6) is 5.75 Å². The predicted octanol–water partition coefficient (Wildman–Crippen LogP) is 2.70. The quantitative estimate of drug-likeness (QED) is 0.868. The number of benzene rings is 1. The molecule has 0 spiro atoms. The number of nitrogens with one attached hydrogen (secondary N) is 1. The molecule has 1 aliphatic heterocycles. The maximum atomic E-state index is 12.3. The standard InChI is InChI=1S/C16H24N2O2/c1-4-8-12(5-2)18-15(19)11-17-16(18)13-9-6-7-10-14(13)20-3/h6-7,9-10,12,16-17H,4-5,8,11H2,1-3H3. The van der Waals surface area contributed by atoms with Crippen LogP contribution < -0.4 is 10.1 Å². The van der Waals surface area contributed by atoms with Gasteiger partial charge in [-0.1, -0.05) is 38.5 Å². The summed E-state index contributed by atoms with van der Waals surface area (Å²) in [5.41, 5.74) is 1.04. The van der Waals surface area contributed by atoms with E-state index in [1.165, 1.54) is 0 Å². The summed E-state index contributed by atoms with van der Waals surface area (Å²) in [7, 11) is 1.67. The normalized spacial score (nSPS) is 20.2. The van der Waals surface area contributed by atoms with E-state index in [2.05, 4.69) is 19.2 Å². The molecule has 1 N–H and O–H groups in total.